The van der Waals surface area contributed by atoms with E-state index in [4.69, 9.17) is 5.73 Å². The van der Waals surface area contributed by atoms with Crippen LogP contribution in [-0.4, -0.2) is 29.4 Å². The molecule has 23 heavy (non-hydrogen) atoms. The lowest BCUT2D eigenvalue weighted by Crippen LogP contribution is -2.55. The molecule has 1 aliphatic heterocycles. The lowest BCUT2D eigenvalue weighted by molar-refractivity contribution is -0.138. The Hall–Kier alpha value is -1.61. The summed E-state index contributed by atoms with van der Waals surface area (Å²) in [4.78, 5) is 14.6. The van der Waals surface area contributed by atoms with Gasteiger partial charge in [-0.1, -0.05) is 54.8 Å². The van der Waals surface area contributed by atoms with E-state index in [0.717, 1.165) is 51.6 Å². The minimum atomic E-state index is -0.565. The highest BCUT2D eigenvalue weighted by atomic mass is 16.2. The van der Waals surface area contributed by atoms with Gasteiger partial charge in [0.05, 0.1) is 5.54 Å². The van der Waals surface area contributed by atoms with Crippen molar-refractivity contribution in [3.63, 3.8) is 0 Å². The van der Waals surface area contributed by atoms with Gasteiger partial charge in [-0.05, 0) is 44.1 Å². The molecule has 1 amide bonds. The third-order valence-electron chi connectivity index (χ3n) is 5.39. The maximum Gasteiger partial charge on any atom is 0.242 e. The number of aryl methyl sites for hydroxylation is 1. The first-order chi connectivity index (χ1) is 11.1. The van der Waals surface area contributed by atoms with Crippen molar-refractivity contribution in [2.24, 2.45) is 11.7 Å². The first-order valence-electron chi connectivity index (χ1n) is 8.90. The maximum atomic E-state index is 12.6. The van der Waals surface area contributed by atoms with Crippen LogP contribution in [0.1, 0.15) is 49.7 Å². The van der Waals surface area contributed by atoms with E-state index in [0.29, 0.717) is 5.92 Å². The monoisotopic (exact) mass is 312 g/mol. The SMILES string of the molecule is Cc1ccc(C=CC2CCN(C(=O)C3(N)CCCC3)CC2)cc1. The van der Waals surface area contributed by atoms with E-state index >= 15 is 0 Å². The van der Waals surface area contributed by atoms with Gasteiger partial charge in [0.2, 0.25) is 5.91 Å². The summed E-state index contributed by atoms with van der Waals surface area (Å²) in [5.41, 5.74) is 8.28. The molecule has 0 radical (unpaired) electrons. The molecule has 3 heteroatoms. The predicted molar refractivity (Wildman–Crippen MR) is 94.9 cm³/mol. The topological polar surface area (TPSA) is 46.3 Å². The van der Waals surface area contributed by atoms with Crippen LogP contribution in [0.3, 0.4) is 0 Å². The molecule has 1 aliphatic carbocycles. The average molecular weight is 312 g/mol. The number of hydrogen-bond donors (Lipinski definition) is 1. The van der Waals surface area contributed by atoms with Gasteiger partial charge in [0.15, 0.2) is 0 Å². The molecule has 3 nitrogen and oxygen atoms in total. The van der Waals surface area contributed by atoms with Gasteiger partial charge in [-0.3, -0.25) is 4.79 Å². The number of rotatable bonds is 3. The first kappa shape index (κ1) is 16.3. The zero-order valence-electron chi connectivity index (χ0n) is 14.1. The summed E-state index contributed by atoms with van der Waals surface area (Å²) in [6, 6.07) is 8.60. The fraction of sp³-hybridized carbons (Fsp3) is 0.550. The second-order valence-electron chi connectivity index (χ2n) is 7.26. The van der Waals surface area contributed by atoms with E-state index in [1.807, 2.05) is 4.90 Å². The third-order valence-corrected chi connectivity index (χ3v) is 5.39. The van der Waals surface area contributed by atoms with Crippen LogP contribution < -0.4 is 5.73 Å². The van der Waals surface area contributed by atoms with Gasteiger partial charge in [0.25, 0.3) is 0 Å². The number of nitrogens with zero attached hydrogens (tertiary/aromatic N) is 1. The minimum absolute atomic E-state index is 0.191. The molecule has 1 aromatic rings. The Labute approximate surface area is 139 Å². The molecule has 3 rings (SSSR count). The summed E-state index contributed by atoms with van der Waals surface area (Å²) in [7, 11) is 0. The van der Waals surface area contributed by atoms with Crippen LogP contribution >= 0.6 is 0 Å². The largest absolute Gasteiger partial charge is 0.341 e. The van der Waals surface area contributed by atoms with Crippen molar-refractivity contribution >= 4 is 12.0 Å². The number of piperidine rings is 1. The highest BCUT2D eigenvalue weighted by Crippen LogP contribution is 2.30. The Kier molecular flexibility index (Phi) is 4.86. The molecule has 1 aromatic carbocycles. The van der Waals surface area contributed by atoms with Crippen LogP contribution in [0.15, 0.2) is 30.3 Å². The second kappa shape index (κ2) is 6.88. The Morgan fingerprint density at radius 1 is 1.17 bits per heavy atom. The smallest absolute Gasteiger partial charge is 0.242 e. The summed E-state index contributed by atoms with van der Waals surface area (Å²) in [6.45, 7) is 3.80. The number of allylic oxidation sites excluding steroid dienone is 1. The Bertz CT molecular complexity index is 562. The molecule has 1 saturated heterocycles. The molecule has 0 spiro atoms. The van der Waals surface area contributed by atoms with Crippen LogP contribution in [0.2, 0.25) is 0 Å². The standard InChI is InChI=1S/C20H28N2O/c1-16-4-6-17(7-5-16)8-9-18-10-14-22(15-11-18)19(23)20(21)12-2-3-13-20/h4-9,18H,2-3,10-15,21H2,1H3. The maximum absolute atomic E-state index is 12.6. The van der Waals surface area contributed by atoms with E-state index in [9.17, 15) is 4.79 Å². The van der Waals surface area contributed by atoms with Crippen molar-refractivity contribution in [2.45, 2.75) is 51.0 Å². The Morgan fingerprint density at radius 2 is 1.78 bits per heavy atom. The van der Waals surface area contributed by atoms with Crippen molar-refractivity contribution in [2.75, 3.05) is 13.1 Å². The van der Waals surface area contributed by atoms with Crippen molar-refractivity contribution in [3.8, 4) is 0 Å². The molecule has 1 saturated carbocycles. The molecule has 1 heterocycles. The number of benzene rings is 1. The fourth-order valence-electron chi connectivity index (χ4n) is 3.75. The molecule has 2 N–H and O–H groups in total. The molecular weight excluding hydrogens is 284 g/mol. The molecule has 0 unspecified atom stereocenters. The lowest BCUT2D eigenvalue weighted by Gasteiger charge is -2.36. The van der Waals surface area contributed by atoms with Crippen LogP contribution in [0, 0.1) is 12.8 Å². The van der Waals surface area contributed by atoms with Crippen molar-refractivity contribution < 1.29 is 4.79 Å². The van der Waals surface area contributed by atoms with E-state index in [1.54, 1.807) is 0 Å². The summed E-state index contributed by atoms with van der Waals surface area (Å²) >= 11 is 0. The molecule has 124 valence electrons. The molecule has 2 fully saturated rings. The van der Waals surface area contributed by atoms with Gasteiger partial charge < -0.3 is 10.6 Å². The summed E-state index contributed by atoms with van der Waals surface area (Å²) in [6.07, 6.45) is 10.5. The number of hydrogen-bond acceptors (Lipinski definition) is 2. The van der Waals surface area contributed by atoms with Crippen molar-refractivity contribution in [3.05, 3.63) is 41.5 Å². The predicted octanol–water partition coefficient (Wildman–Crippen LogP) is 3.52. The van der Waals surface area contributed by atoms with Crippen LogP contribution in [0.5, 0.6) is 0 Å². The number of amides is 1. The van der Waals surface area contributed by atoms with Crippen molar-refractivity contribution in [1.82, 2.24) is 4.90 Å². The van der Waals surface area contributed by atoms with Gasteiger partial charge >= 0.3 is 0 Å². The number of likely N-dealkylation sites (tertiary alicyclic amines) is 1. The highest BCUT2D eigenvalue weighted by Gasteiger charge is 2.40. The third kappa shape index (κ3) is 3.84. The van der Waals surface area contributed by atoms with E-state index < -0.39 is 5.54 Å². The van der Waals surface area contributed by atoms with Gasteiger partial charge in [-0.25, -0.2) is 0 Å². The molecule has 0 aromatic heterocycles. The number of nitrogens with two attached hydrogens (primary N) is 1. The quantitative estimate of drug-likeness (QED) is 0.928. The molecule has 2 aliphatic rings. The summed E-state index contributed by atoms with van der Waals surface area (Å²) in [5, 5.41) is 0. The normalized spacial score (nSPS) is 21.9. The van der Waals surface area contributed by atoms with Crippen LogP contribution in [0.4, 0.5) is 0 Å². The zero-order chi connectivity index (χ0) is 16.3. The Morgan fingerprint density at radius 3 is 2.39 bits per heavy atom. The second-order valence-corrected chi connectivity index (χ2v) is 7.26. The van der Waals surface area contributed by atoms with E-state index in [-0.39, 0.29) is 5.91 Å². The number of carbonyl (C=O) groups is 1. The van der Waals surface area contributed by atoms with Crippen molar-refractivity contribution in [1.29, 1.82) is 0 Å². The molecular formula is C20H28N2O. The van der Waals surface area contributed by atoms with Gasteiger partial charge in [-0.15, -0.1) is 0 Å². The average Bonchev–Trinajstić information content (AvgIpc) is 3.02. The lowest BCUT2D eigenvalue weighted by atomic mass is 9.92. The highest BCUT2D eigenvalue weighted by molar-refractivity contribution is 5.86. The zero-order valence-corrected chi connectivity index (χ0v) is 14.1. The van der Waals surface area contributed by atoms with E-state index in [1.165, 1.54) is 11.1 Å². The number of carbonyl (C=O) groups excluding carboxylic acids is 1. The van der Waals surface area contributed by atoms with Gasteiger partial charge in [0.1, 0.15) is 0 Å². The van der Waals surface area contributed by atoms with Gasteiger partial charge in [0, 0.05) is 13.1 Å². The summed E-state index contributed by atoms with van der Waals surface area (Å²) in [5.74, 6) is 0.758. The fourth-order valence-corrected chi connectivity index (χ4v) is 3.75. The van der Waals surface area contributed by atoms with Crippen LogP contribution in [0.25, 0.3) is 6.08 Å². The van der Waals surface area contributed by atoms with Gasteiger partial charge in [-0.2, -0.15) is 0 Å². The van der Waals surface area contributed by atoms with Crippen LogP contribution in [-0.2, 0) is 4.79 Å². The Balaban J connectivity index is 1.52. The first-order valence-corrected chi connectivity index (χ1v) is 8.90. The molecule has 0 bridgehead atoms. The molecule has 0 atom stereocenters. The summed E-state index contributed by atoms with van der Waals surface area (Å²) < 4.78 is 0. The van der Waals surface area contributed by atoms with E-state index in [2.05, 4.69) is 43.3 Å². The minimum Gasteiger partial charge on any atom is -0.341 e.